The van der Waals surface area contributed by atoms with E-state index in [2.05, 4.69) is 49.3 Å². The second-order valence-corrected chi connectivity index (χ2v) is 11.0. The highest BCUT2D eigenvalue weighted by molar-refractivity contribution is 5.92. The van der Waals surface area contributed by atoms with Gasteiger partial charge in [-0.2, -0.15) is 0 Å². The van der Waals surface area contributed by atoms with E-state index >= 15 is 0 Å². The average molecular weight is 566 g/mol. The van der Waals surface area contributed by atoms with Crippen LogP contribution >= 0.6 is 0 Å². The normalized spacial score (nSPS) is 13.9. The Morgan fingerprint density at radius 1 is 0.829 bits per heavy atom. The van der Waals surface area contributed by atoms with Crippen molar-refractivity contribution in [2.45, 2.75) is 78.6 Å². The molecule has 0 radical (unpaired) electrons. The Hall–Kier alpha value is -3.19. The fourth-order valence-electron chi connectivity index (χ4n) is 5.31. The minimum absolute atomic E-state index is 0.170. The Labute approximate surface area is 247 Å². The van der Waals surface area contributed by atoms with Crippen molar-refractivity contribution in [1.29, 1.82) is 0 Å². The summed E-state index contributed by atoms with van der Waals surface area (Å²) in [5, 5.41) is 1.98. The number of amides is 1. The van der Waals surface area contributed by atoms with Crippen molar-refractivity contribution in [2.24, 2.45) is 0 Å². The summed E-state index contributed by atoms with van der Waals surface area (Å²) in [6, 6.07) is 10.3. The number of aryl methyl sites for hydroxylation is 2. The molecule has 1 N–H and O–H groups in total. The lowest BCUT2D eigenvalue weighted by atomic mass is 10.1. The van der Waals surface area contributed by atoms with Crippen LogP contribution in [0.1, 0.15) is 81.4 Å². The summed E-state index contributed by atoms with van der Waals surface area (Å²) in [5.41, 5.74) is 7.59. The predicted molar refractivity (Wildman–Crippen MR) is 169 cm³/mol. The fourth-order valence-corrected chi connectivity index (χ4v) is 5.31. The highest BCUT2D eigenvalue weighted by atomic mass is 16.5. The minimum Gasteiger partial charge on any atom is -0.496 e. The number of rotatable bonds is 17. The van der Waals surface area contributed by atoms with Gasteiger partial charge in [0.2, 0.25) is 0 Å². The van der Waals surface area contributed by atoms with Gasteiger partial charge in [-0.25, -0.2) is 5.01 Å². The topological polar surface area (TPSA) is 63.3 Å². The molecule has 0 spiro atoms. The summed E-state index contributed by atoms with van der Waals surface area (Å²) in [6.45, 7) is 10.4. The fraction of sp³-hybridized carbons (Fsp3) is 0.559. The Bertz CT molecular complexity index is 1110. The molecular formula is C34H51N3O4. The smallest absolute Gasteiger partial charge is 0.258 e. The van der Waals surface area contributed by atoms with Gasteiger partial charge in [-0.3, -0.25) is 10.2 Å². The highest BCUT2D eigenvalue weighted by Gasteiger charge is 2.19. The van der Waals surface area contributed by atoms with Crippen LogP contribution in [0, 0.1) is 13.8 Å². The number of methoxy groups -OCH3 is 2. The molecule has 0 aromatic heterocycles. The number of benzene rings is 2. The van der Waals surface area contributed by atoms with Crippen LogP contribution in [0.4, 0.5) is 5.69 Å². The molecule has 1 aliphatic rings. The van der Waals surface area contributed by atoms with Gasteiger partial charge < -0.3 is 19.1 Å². The van der Waals surface area contributed by atoms with Crippen LogP contribution in [0.25, 0.3) is 6.08 Å². The van der Waals surface area contributed by atoms with Crippen LogP contribution < -0.4 is 24.5 Å². The van der Waals surface area contributed by atoms with E-state index in [1.165, 1.54) is 74.3 Å². The van der Waals surface area contributed by atoms with Crippen LogP contribution in [-0.2, 0) is 4.79 Å². The van der Waals surface area contributed by atoms with Gasteiger partial charge in [0.15, 0.2) is 11.5 Å². The summed E-state index contributed by atoms with van der Waals surface area (Å²) >= 11 is 0. The first kappa shape index (κ1) is 32.3. The number of hydrazine groups is 1. The Morgan fingerprint density at radius 2 is 1.49 bits per heavy atom. The van der Waals surface area contributed by atoms with E-state index in [-0.39, 0.29) is 5.91 Å². The lowest BCUT2D eigenvalue weighted by Gasteiger charge is -2.36. The maximum Gasteiger partial charge on any atom is 0.258 e. The van der Waals surface area contributed by atoms with Crippen LogP contribution in [0.5, 0.6) is 17.2 Å². The number of hydrogen-bond acceptors (Lipinski definition) is 6. The van der Waals surface area contributed by atoms with Crippen molar-refractivity contribution in [1.82, 2.24) is 10.4 Å². The molecule has 0 bridgehead atoms. The molecule has 0 atom stereocenters. The third-order valence-electron chi connectivity index (χ3n) is 7.68. The minimum atomic E-state index is -0.170. The number of carbonyl (C=O) groups excluding carboxylic acids is 1. The average Bonchev–Trinajstić information content (AvgIpc) is 2.97. The van der Waals surface area contributed by atoms with E-state index in [0.29, 0.717) is 23.9 Å². The number of unbranched alkanes of at least 4 members (excludes halogenated alkanes) is 8. The molecule has 2 aromatic rings. The van der Waals surface area contributed by atoms with Gasteiger partial charge in [-0.05, 0) is 44.0 Å². The Balaban J connectivity index is 1.45. The molecule has 0 unspecified atom stereocenters. The number of piperazine rings is 1. The summed E-state index contributed by atoms with van der Waals surface area (Å²) in [7, 11) is 3.25. The molecule has 1 heterocycles. The van der Waals surface area contributed by atoms with Gasteiger partial charge in [-0.15, -0.1) is 0 Å². The number of hydrogen-bond donors (Lipinski definition) is 1. The molecule has 2 aromatic carbocycles. The number of carbonyl (C=O) groups is 1. The van der Waals surface area contributed by atoms with Crippen molar-refractivity contribution in [3.05, 3.63) is 53.1 Å². The van der Waals surface area contributed by atoms with Gasteiger partial charge in [0.1, 0.15) is 5.75 Å². The number of anilines is 1. The van der Waals surface area contributed by atoms with Crippen molar-refractivity contribution < 1.29 is 19.0 Å². The van der Waals surface area contributed by atoms with Crippen LogP contribution in [0.15, 0.2) is 36.4 Å². The third-order valence-corrected chi connectivity index (χ3v) is 7.68. The second-order valence-electron chi connectivity index (χ2n) is 11.0. The quantitative estimate of drug-likeness (QED) is 0.163. The summed E-state index contributed by atoms with van der Waals surface area (Å²) in [4.78, 5) is 15.1. The van der Waals surface area contributed by atoms with Gasteiger partial charge in [0.25, 0.3) is 5.91 Å². The summed E-state index contributed by atoms with van der Waals surface area (Å²) < 4.78 is 17.2. The largest absolute Gasteiger partial charge is 0.496 e. The van der Waals surface area contributed by atoms with Crippen LogP contribution in [0.3, 0.4) is 0 Å². The number of nitrogens with one attached hydrogen (secondary N) is 1. The molecule has 1 fully saturated rings. The van der Waals surface area contributed by atoms with Gasteiger partial charge in [0.05, 0.1) is 20.8 Å². The zero-order chi connectivity index (χ0) is 29.5. The molecule has 0 saturated carbocycles. The molecule has 1 amide bonds. The Morgan fingerprint density at radius 3 is 2.12 bits per heavy atom. The summed E-state index contributed by atoms with van der Waals surface area (Å²) in [5.74, 6) is 1.76. The molecule has 41 heavy (non-hydrogen) atoms. The third kappa shape index (κ3) is 10.6. The summed E-state index contributed by atoms with van der Waals surface area (Å²) in [6.07, 6.45) is 14.7. The molecule has 226 valence electrons. The van der Waals surface area contributed by atoms with E-state index in [4.69, 9.17) is 14.2 Å². The molecular weight excluding hydrogens is 514 g/mol. The lowest BCUT2D eigenvalue weighted by molar-refractivity contribution is -0.121. The lowest BCUT2D eigenvalue weighted by Crippen LogP contribution is -2.53. The van der Waals surface area contributed by atoms with E-state index in [0.717, 1.165) is 38.2 Å². The zero-order valence-electron chi connectivity index (χ0n) is 26.0. The second kappa shape index (κ2) is 17.6. The molecule has 7 nitrogen and oxygen atoms in total. The molecule has 3 rings (SSSR count). The van der Waals surface area contributed by atoms with E-state index in [1.54, 1.807) is 20.3 Å². The van der Waals surface area contributed by atoms with Gasteiger partial charge >= 0.3 is 0 Å². The molecule has 1 saturated heterocycles. The van der Waals surface area contributed by atoms with Crippen molar-refractivity contribution in [3.8, 4) is 17.2 Å². The number of ether oxygens (including phenoxy) is 3. The maximum absolute atomic E-state index is 12.7. The molecule has 0 aliphatic carbocycles. The monoisotopic (exact) mass is 565 g/mol. The molecule has 7 heteroatoms. The Kier molecular flexibility index (Phi) is 13.9. The highest BCUT2D eigenvalue weighted by Crippen LogP contribution is 2.35. The van der Waals surface area contributed by atoms with E-state index in [1.807, 2.05) is 17.1 Å². The van der Waals surface area contributed by atoms with Crippen LogP contribution in [0.2, 0.25) is 0 Å². The SMILES string of the molecule is CCCCCCCCCCCOc1cc(OC)c(/C=C/C(=O)NN2CCN(c3ccc(C)cc3C)CC2)cc1OC. The zero-order valence-corrected chi connectivity index (χ0v) is 26.0. The molecule has 1 aliphatic heterocycles. The van der Waals surface area contributed by atoms with Gasteiger partial charge in [-0.1, -0.05) is 76.0 Å². The first-order chi connectivity index (χ1) is 19.9. The van der Waals surface area contributed by atoms with Gasteiger partial charge in [0, 0.05) is 49.6 Å². The standard InChI is InChI=1S/C34H51N3O4/c1-6-7-8-9-10-11-12-13-14-23-41-33-26-31(39-4)29(25-32(33)40-5)16-18-34(38)35-37-21-19-36(20-22-37)30-17-15-27(2)24-28(30)3/h15-18,24-26H,6-14,19-23H2,1-5H3,(H,35,38)/b18-16+. The van der Waals surface area contributed by atoms with Crippen molar-refractivity contribution >= 4 is 17.7 Å². The van der Waals surface area contributed by atoms with E-state index in [9.17, 15) is 4.79 Å². The van der Waals surface area contributed by atoms with Crippen molar-refractivity contribution in [3.63, 3.8) is 0 Å². The first-order valence-electron chi connectivity index (χ1n) is 15.4. The predicted octanol–water partition coefficient (Wildman–Crippen LogP) is 7.10. The van der Waals surface area contributed by atoms with E-state index < -0.39 is 0 Å². The van der Waals surface area contributed by atoms with Crippen LogP contribution in [-0.4, -0.2) is 57.9 Å². The number of nitrogens with zero attached hydrogens (tertiary/aromatic N) is 2. The van der Waals surface area contributed by atoms with Crippen molar-refractivity contribution in [2.75, 3.05) is 51.9 Å². The first-order valence-corrected chi connectivity index (χ1v) is 15.4. The maximum atomic E-state index is 12.7.